The van der Waals surface area contributed by atoms with E-state index in [2.05, 4.69) is 45.2 Å². The Kier molecular flexibility index (Phi) is 9.12. The topological polar surface area (TPSA) is 27.7 Å². The predicted molar refractivity (Wildman–Crippen MR) is 97.6 cm³/mol. The van der Waals surface area contributed by atoms with E-state index in [9.17, 15) is 0 Å². The van der Waals surface area contributed by atoms with Gasteiger partial charge in [-0.05, 0) is 49.2 Å². The summed E-state index contributed by atoms with van der Waals surface area (Å²) < 4.78 is 16.2. The van der Waals surface area contributed by atoms with Gasteiger partial charge in [-0.3, -0.25) is 0 Å². The average Bonchev–Trinajstić information content (AvgIpc) is 2.60. The van der Waals surface area contributed by atoms with Gasteiger partial charge >= 0.3 is 32.7 Å². The summed E-state index contributed by atoms with van der Waals surface area (Å²) in [4.78, 5) is 0. The first kappa shape index (κ1) is 22.1. The first-order valence-electron chi connectivity index (χ1n) is 8.35. The predicted octanol–water partition coefficient (Wildman–Crippen LogP) is 4.98. The number of hydrogen-bond donors (Lipinski definition) is 0. The molecular formula is C21H27O3Y+2. The summed E-state index contributed by atoms with van der Waals surface area (Å²) in [6, 6.07) is 16.5. The second kappa shape index (κ2) is 10.3. The second-order valence-electron chi connectivity index (χ2n) is 6.40. The zero-order chi connectivity index (χ0) is 17.6. The third kappa shape index (κ3) is 6.09. The summed E-state index contributed by atoms with van der Waals surface area (Å²) in [5.41, 5.74) is 2.40. The van der Waals surface area contributed by atoms with Gasteiger partial charge in [-0.2, -0.15) is 0 Å². The fourth-order valence-corrected chi connectivity index (χ4v) is 2.53. The SMILES string of the molecule is [CH2-]OC(C)COc1ccc(C(C)(C)c2ccc(OCC)cc2)cc1.[Y+3]. The first-order valence-corrected chi connectivity index (χ1v) is 8.35. The normalized spacial score (nSPS) is 12.2. The molecule has 1 unspecified atom stereocenters. The molecule has 0 N–H and O–H groups in total. The molecule has 0 aliphatic rings. The summed E-state index contributed by atoms with van der Waals surface area (Å²) in [7, 11) is 3.41. The van der Waals surface area contributed by atoms with E-state index in [0.717, 1.165) is 11.5 Å². The van der Waals surface area contributed by atoms with Gasteiger partial charge in [-0.15, -0.1) is 0 Å². The van der Waals surface area contributed by atoms with Gasteiger partial charge in [0.15, 0.2) is 0 Å². The van der Waals surface area contributed by atoms with Crippen LogP contribution in [0.25, 0.3) is 0 Å². The molecule has 2 aromatic carbocycles. The van der Waals surface area contributed by atoms with Crippen LogP contribution >= 0.6 is 0 Å². The molecule has 0 fully saturated rings. The van der Waals surface area contributed by atoms with Crippen molar-refractivity contribution in [2.75, 3.05) is 13.2 Å². The Morgan fingerprint density at radius 1 is 0.880 bits per heavy atom. The Balaban J connectivity index is 0.00000312. The number of rotatable bonds is 8. The quantitative estimate of drug-likeness (QED) is 0.568. The van der Waals surface area contributed by atoms with Crippen LogP contribution in [-0.2, 0) is 42.9 Å². The molecule has 0 radical (unpaired) electrons. The molecule has 0 saturated carbocycles. The van der Waals surface area contributed by atoms with Crippen LogP contribution in [0.3, 0.4) is 0 Å². The Bertz CT molecular complexity index is 621. The van der Waals surface area contributed by atoms with Crippen LogP contribution in [-0.4, -0.2) is 19.3 Å². The minimum absolute atomic E-state index is 0. The second-order valence-corrected chi connectivity index (χ2v) is 6.40. The molecule has 130 valence electrons. The summed E-state index contributed by atoms with van der Waals surface area (Å²) >= 11 is 0. The van der Waals surface area contributed by atoms with Gasteiger partial charge in [0.25, 0.3) is 0 Å². The van der Waals surface area contributed by atoms with Crippen molar-refractivity contribution in [1.29, 1.82) is 0 Å². The van der Waals surface area contributed by atoms with Crippen LogP contribution < -0.4 is 9.47 Å². The first-order chi connectivity index (χ1) is 11.5. The van der Waals surface area contributed by atoms with E-state index in [4.69, 9.17) is 14.2 Å². The van der Waals surface area contributed by atoms with Crippen LogP contribution in [0.5, 0.6) is 11.5 Å². The largest absolute Gasteiger partial charge is 3.00 e. The molecule has 4 heteroatoms. The van der Waals surface area contributed by atoms with Gasteiger partial charge in [-0.1, -0.05) is 38.1 Å². The molecular weight excluding hydrogens is 389 g/mol. The van der Waals surface area contributed by atoms with E-state index in [1.54, 1.807) is 0 Å². The van der Waals surface area contributed by atoms with E-state index >= 15 is 0 Å². The van der Waals surface area contributed by atoms with Gasteiger partial charge in [-0.25, -0.2) is 7.11 Å². The van der Waals surface area contributed by atoms with E-state index in [1.807, 2.05) is 38.1 Å². The number of ether oxygens (including phenoxy) is 3. The van der Waals surface area contributed by atoms with Crippen LogP contribution in [0.15, 0.2) is 48.5 Å². The summed E-state index contributed by atoms with van der Waals surface area (Å²) in [5, 5.41) is 0. The Labute approximate surface area is 176 Å². The van der Waals surface area contributed by atoms with Gasteiger partial charge < -0.3 is 14.2 Å². The standard InChI is InChI=1S/C21H27O3.Y/c1-6-23-19-11-7-17(8-12-19)21(3,4)18-9-13-20(14-10-18)24-15-16(2)22-5;/h7-14,16H,5-6,15H2,1-4H3;/q-1;+3. The van der Waals surface area contributed by atoms with Crippen LogP contribution in [0, 0.1) is 7.11 Å². The molecule has 0 aliphatic carbocycles. The molecule has 2 aromatic rings. The molecule has 0 heterocycles. The molecule has 0 saturated heterocycles. The third-order valence-electron chi connectivity index (χ3n) is 4.23. The molecule has 1 atom stereocenters. The van der Waals surface area contributed by atoms with Crippen LogP contribution in [0.1, 0.15) is 38.8 Å². The van der Waals surface area contributed by atoms with E-state index in [1.165, 1.54) is 11.1 Å². The zero-order valence-electron chi connectivity index (χ0n) is 15.6. The van der Waals surface area contributed by atoms with Gasteiger partial charge in [0, 0.05) is 5.41 Å². The molecule has 2 rings (SSSR count). The summed E-state index contributed by atoms with van der Waals surface area (Å²) in [5.74, 6) is 1.74. The fraction of sp³-hybridized carbons (Fsp3) is 0.381. The monoisotopic (exact) mass is 416 g/mol. The van der Waals surface area contributed by atoms with Crippen molar-refractivity contribution >= 4 is 0 Å². The number of benzene rings is 2. The van der Waals surface area contributed by atoms with Crippen LogP contribution in [0.2, 0.25) is 0 Å². The van der Waals surface area contributed by atoms with Crippen molar-refractivity contribution in [3.8, 4) is 11.5 Å². The zero-order valence-corrected chi connectivity index (χ0v) is 18.5. The van der Waals surface area contributed by atoms with Crippen molar-refractivity contribution in [2.24, 2.45) is 0 Å². The van der Waals surface area contributed by atoms with Gasteiger partial charge in [0.1, 0.15) is 18.1 Å². The van der Waals surface area contributed by atoms with Gasteiger partial charge in [0.05, 0.1) is 12.7 Å². The fourth-order valence-electron chi connectivity index (χ4n) is 2.53. The molecule has 0 spiro atoms. The minimum Gasteiger partial charge on any atom is -0.550 e. The maximum absolute atomic E-state index is 5.69. The average molecular weight is 416 g/mol. The molecule has 25 heavy (non-hydrogen) atoms. The Hall–Kier alpha value is -0.896. The molecule has 3 nitrogen and oxygen atoms in total. The van der Waals surface area contributed by atoms with E-state index < -0.39 is 0 Å². The van der Waals surface area contributed by atoms with E-state index in [0.29, 0.717) is 13.2 Å². The third-order valence-corrected chi connectivity index (χ3v) is 4.23. The summed E-state index contributed by atoms with van der Waals surface area (Å²) in [6.07, 6.45) is -0.0232. The summed E-state index contributed by atoms with van der Waals surface area (Å²) in [6.45, 7) is 9.53. The molecule has 0 aromatic heterocycles. The van der Waals surface area contributed by atoms with Crippen molar-refractivity contribution in [1.82, 2.24) is 0 Å². The number of hydrogen-bond acceptors (Lipinski definition) is 3. The molecule has 0 aliphatic heterocycles. The van der Waals surface area contributed by atoms with Gasteiger partial charge in [0.2, 0.25) is 0 Å². The molecule has 0 bridgehead atoms. The van der Waals surface area contributed by atoms with E-state index in [-0.39, 0.29) is 44.2 Å². The van der Waals surface area contributed by atoms with Crippen molar-refractivity contribution in [2.45, 2.75) is 39.2 Å². The maximum Gasteiger partial charge on any atom is 3.00 e. The Morgan fingerprint density at radius 2 is 1.32 bits per heavy atom. The van der Waals surface area contributed by atoms with Crippen molar-refractivity contribution < 1.29 is 46.9 Å². The van der Waals surface area contributed by atoms with Crippen molar-refractivity contribution in [3.05, 3.63) is 66.8 Å². The van der Waals surface area contributed by atoms with Crippen LogP contribution in [0.4, 0.5) is 0 Å². The minimum atomic E-state index is -0.0903. The van der Waals surface area contributed by atoms with Crippen molar-refractivity contribution in [3.63, 3.8) is 0 Å². The molecule has 0 amide bonds. The maximum atomic E-state index is 5.69. The smallest absolute Gasteiger partial charge is 0.550 e. The Morgan fingerprint density at radius 3 is 1.72 bits per heavy atom.